The topological polar surface area (TPSA) is 62.2 Å². The van der Waals surface area contributed by atoms with Crippen molar-refractivity contribution in [3.8, 4) is 0 Å². The van der Waals surface area contributed by atoms with Crippen molar-refractivity contribution in [3.05, 3.63) is 52.4 Å². The molecule has 0 bridgehead atoms. The van der Waals surface area contributed by atoms with Gasteiger partial charge in [0.15, 0.2) is 6.23 Å². The first-order valence-corrected chi connectivity index (χ1v) is 9.50. The predicted octanol–water partition coefficient (Wildman–Crippen LogP) is 4.43. The van der Waals surface area contributed by atoms with Crippen molar-refractivity contribution in [2.24, 2.45) is 5.92 Å². The number of hydrogen-bond donors (Lipinski definition) is 1. The van der Waals surface area contributed by atoms with Crippen LogP contribution in [0.1, 0.15) is 25.0 Å². The highest BCUT2D eigenvalue weighted by molar-refractivity contribution is 6.29. The van der Waals surface area contributed by atoms with E-state index in [0.717, 1.165) is 6.26 Å². The third-order valence-corrected chi connectivity index (χ3v) is 4.83. The molecule has 0 fully saturated rings. The molecule has 0 spiro atoms. The fourth-order valence-electron chi connectivity index (χ4n) is 3.12. The van der Waals surface area contributed by atoms with Crippen LogP contribution in [0.15, 0.2) is 41.3 Å². The normalized spacial score (nSPS) is 18.5. The molecule has 1 aliphatic rings. The number of carboxylic acids is 1. The van der Waals surface area contributed by atoms with E-state index in [1.165, 1.54) is 30.2 Å². The van der Waals surface area contributed by atoms with E-state index in [0.29, 0.717) is 5.56 Å². The Morgan fingerprint density at radius 1 is 1.33 bits per heavy atom. The number of benzene rings is 1. The minimum Gasteiger partial charge on any atom is -0.503 e. The fraction of sp³-hybridized carbons (Fsp3) is 0.450. The van der Waals surface area contributed by atoms with Crippen molar-refractivity contribution < 1.29 is 32.5 Å². The standard InChI is InChI=1S/C20H24ClF3N2O4/c1-12(2)9-26-17(21)16(20(22,23)24)18(25(26)3)30-10-13-7-5-6-8-14(13)15(11-29-4)19(27)28/h5-8,11-12,18H,9-10H2,1-4H3,(H,27,28)/b15-11+. The molecule has 1 aromatic carbocycles. The van der Waals surface area contributed by atoms with Crippen molar-refractivity contribution in [2.75, 3.05) is 20.7 Å². The number of likely N-dealkylation sites (N-methyl/N-ethyl adjacent to an activating group) is 1. The molecular formula is C20H24ClF3N2O4. The molecule has 0 saturated carbocycles. The van der Waals surface area contributed by atoms with Gasteiger partial charge in [0.25, 0.3) is 0 Å². The lowest BCUT2D eigenvalue weighted by molar-refractivity contribution is -0.146. The van der Waals surface area contributed by atoms with E-state index in [2.05, 4.69) is 0 Å². The van der Waals surface area contributed by atoms with Gasteiger partial charge in [0.1, 0.15) is 16.3 Å². The summed E-state index contributed by atoms with van der Waals surface area (Å²) in [6.45, 7) is 3.75. The summed E-state index contributed by atoms with van der Waals surface area (Å²) in [6.07, 6.45) is -5.10. The average molecular weight is 449 g/mol. The lowest BCUT2D eigenvalue weighted by atomic mass is 10.0. The third kappa shape index (κ3) is 5.27. The number of halogens is 4. The van der Waals surface area contributed by atoms with E-state index in [1.807, 2.05) is 13.8 Å². The smallest absolute Gasteiger partial charge is 0.419 e. The number of aliphatic carboxylic acids is 1. The monoisotopic (exact) mass is 448 g/mol. The molecule has 166 valence electrons. The quantitative estimate of drug-likeness (QED) is 0.360. The maximum absolute atomic E-state index is 13.7. The lowest BCUT2D eigenvalue weighted by Crippen LogP contribution is -2.43. The van der Waals surface area contributed by atoms with Gasteiger partial charge in [-0.2, -0.15) is 18.2 Å². The Balaban J connectivity index is 2.35. The van der Waals surface area contributed by atoms with E-state index in [-0.39, 0.29) is 30.2 Å². The van der Waals surface area contributed by atoms with Gasteiger partial charge >= 0.3 is 12.1 Å². The highest BCUT2D eigenvalue weighted by Crippen LogP contribution is 2.42. The Hall–Kier alpha value is -2.23. The predicted molar refractivity (Wildman–Crippen MR) is 106 cm³/mol. The molecule has 1 unspecified atom stereocenters. The molecule has 0 aromatic heterocycles. The maximum atomic E-state index is 13.7. The molecule has 1 heterocycles. The molecule has 1 N–H and O–H groups in total. The van der Waals surface area contributed by atoms with Gasteiger partial charge in [-0.05, 0) is 17.0 Å². The van der Waals surface area contributed by atoms with Crippen LogP contribution >= 0.6 is 11.6 Å². The lowest BCUT2D eigenvalue weighted by Gasteiger charge is -2.32. The largest absolute Gasteiger partial charge is 0.503 e. The second-order valence-electron chi connectivity index (χ2n) is 7.14. The van der Waals surface area contributed by atoms with Crippen molar-refractivity contribution in [2.45, 2.75) is 32.9 Å². The molecule has 6 nitrogen and oxygen atoms in total. The molecule has 10 heteroatoms. The summed E-state index contributed by atoms with van der Waals surface area (Å²) in [5.74, 6) is -1.17. The average Bonchev–Trinajstić information content (AvgIpc) is 2.88. The van der Waals surface area contributed by atoms with Gasteiger partial charge in [-0.1, -0.05) is 49.7 Å². The van der Waals surface area contributed by atoms with Crippen LogP contribution in [0.5, 0.6) is 0 Å². The number of alkyl halides is 3. The molecule has 1 atom stereocenters. The first kappa shape index (κ1) is 24.0. The Morgan fingerprint density at radius 2 is 1.97 bits per heavy atom. The third-order valence-electron chi connectivity index (χ3n) is 4.43. The van der Waals surface area contributed by atoms with Crippen LogP contribution in [-0.2, 0) is 20.9 Å². The number of carboxylic acid groups (broad SMARTS) is 1. The number of hydrazine groups is 1. The van der Waals surface area contributed by atoms with Gasteiger partial charge in [0.2, 0.25) is 0 Å². The van der Waals surface area contributed by atoms with Crippen LogP contribution < -0.4 is 0 Å². The molecule has 30 heavy (non-hydrogen) atoms. The van der Waals surface area contributed by atoms with Gasteiger partial charge in [-0.15, -0.1) is 0 Å². The van der Waals surface area contributed by atoms with Crippen LogP contribution in [-0.4, -0.2) is 54.2 Å². The SMILES string of the molecule is CO/C=C(/C(=O)O)c1ccccc1COC1C(C(F)(F)F)=C(Cl)N(CC(C)C)N1C. The van der Waals surface area contributed by atoms with Gasteiger partial charge in [0, 0.05) is 13.6 Å². The summed E-state index contributed by atoms with van der Waals surface area (Å²) in [5, 5.41) is 11.6. The molecule has 1 aromatic rings. The van der Waals surface area contributed by atoms with Crippen molar-refractivity contribution in [3.63, 3.8) is 0 Å². The Morgan fingerprint density at radius 3 is 2.50 bits per heavy atom. The Kier molecular flexibility index (Phi) is 7.79. The number of hydrogen-bond acceptors (Lipinski definition) is 5. The van der Waals surface area contributed by atoms with Crippen molar-refractivity contribution in [1.29, 1.82) is 0 Å². The summed E-state index contributed by atoms with van der Waals surface area (Å²) in [6, 6.07) is 6.39. The zero-order valence-electron chi connectivity index (χ0n) is 17.0. The second-order valence-corrected chi connectivity index (χ2v) is 7.50. The van der Waals surface area contributed by atoms with Crippen LogP contribution in [0.2, 0.25) is 0 Å². The van der Waals surface area contributed by atoms with Crippen LogP contribution in [0.25, 0.3) is 5.57 Å². The minimum atomic E-state index is -4.69. The van der Waals surface area contributed by atoms with E-state index in [1.54, 1.807) is 18.2 Å². The van der Waals surface area contributed by atoms with Crippen LogP contribution in [0, 0.1) is 5.92 Å². The van der Waals surface area contributed by atoms with E-state index >= 15 is 0 Å². The fourth-order valence-corrected chi connectivity index (χ4v) is 3.51. The highest BCUT2D eigenvalue weighted by Gasteiger charge is 2.50. The van der Waals surface area contributed by atoms with Crippen LogP contribution in [0.4, 0.5) is 13.2 Å². The summed E-state index contributed by atoms with van der Waals surface area (Å²) >= 11 is 6.07. The summed E-state index contributed by atoms with van der Waals surface area (Å²) in [4.78, 5) is 11.5. The molecule has 1 aliphatic heterocycles. The number of rotatable bonds is 8. The summed E-state index contributed by atoms with van der Waals surface area (Å²) in [5.41, 5.74) is -0.440. The van der Waals surface area contributed by atoms with E-state index < -0.39 is 29.1 Å². The van der Waals surface area contributed by atoms with Gasteiger partial charge < -0.3 is 14.6 Å². The van der Waals surface area contributed by atoms with Crippen molar-refractivity contribution >= 4 is 23.1 Å². The summed E-state index contributed by atoms with van der Waals surface area (Å²) < 4.78 is 51.6. The molecule has 0 amide bonds. The number of ether oxygens (including phenoxy) is 2. The molecule has 0 aliphatic carbocycles. The van der Waals surface area contributed by atoms with E-state index in [9.17, 15) is 23.1 Å². The number of methoxy groups -OCH3 is 1. The van der Waals surface area contributed by atoms with Gasteiger partial charge in [0.05, 0.1) is 20.0 Å². The molecule has 2 rings (SSSR count). The number of nitrogens with zero attached hydrogens (tertiary/aromatic N) is 2. The summed E-state index contributed by atoms with van der Waals surface area (Å²) in [7, 11) is 2.77. The zero-order chi connectivity index (χ0) is 22.6. The van der Waals surface area contributed by atoms with Gasteiger partial charge in [-0.3, -0.25) is 5.01 Å². The highest BCUT2D eigenvalue weighted by atomic mass is 35.5. The Labute approximate surface area is 178 Å². The minimum absolute atomic E-state index is 0.0625. The van der Waals surface area contributed by atoms with E-state index in [4.69, 9.17) is 21.1 Å². The molecular weight excluding hydrogens is 425 g/mol. The molecule has 0 radical (unpaired) electrons. The number of carbonyl (C=O) groups is 1. The zero-order valence-corrected chi connectivity index (χ0v) is 17.8. The van der Waals surface area contributed by atoms with Crippen molar-refractivity contribution in [1.82, 2.24) is 10.0 Å². The first-order chi connectivity index (χ1) is 14.0. The first-order valence-electron chi connectivity index (χ1n) is 9.12. The second kappa shape index (κ2) is 9.72. The molecule has 0 saturated heterocycles. The van der Waals surface area contributed by atoms with Gasteiger partial charge in [-0.25, -0.2) is 4.79 Å². The van der Waals surface area contributed by atoms with Crippen LogP contribution in [0.3, 0.4) is 0 Å². The maximum Gasteiger partial charge on any atom is 0.419 e. The Bertz CT molecular complexity index is 840.